The number of fused-ring (bicyclic) bond motifs is 2. The van der Waals surface area contributed by atoms with Crippen molar-refractivity contribution in [3.63, 3.8) is 0 Å². The van der Waals surface area contributed by atoms with Gasteiger partial charge in [-0.2, -0.15) is 0 Å². The molecule has 2 saturated carbocycles. The summed E-state index contributed by atoms with van der Waals surface area (Å²) in [6, 6.07) is 0. The van der Waals surface area contributed by atoms with Crippen molar-refractivity contribution in [3.05, 3.63) is 0 Å². The highest BCUT2D eigenvalue weighted by Crippen LogP contribution is 2.66. The van der Waals surface area contributed by atoms with E-state index < -0.39 is 11.5 Å². The summed E-state index contributed by atoms with van der Waals surface area (Å²) in [7, 11) is 1.69. The highest BCUT2D eigenvalue weighted by Gasteiger charge is 2.61. The second-order valence-corrected chi connectivity index (χ2v) is 7.61. The molecule has 0 amide bonds. The van der Waals surface area contributed by atoms with E-state index in [1.807, 2.05) is 0 Å². The first-order valence-corrected chi connectivity index (χ1v) is 7.71. The van der Waals surface area contributed by atoms with Crippen LogP contribution in [0.1, 0.15) is 53.4 Å². The predicted molar refractivity (Wildman–Crippen MR) is 78.7 cm³/mol. The summed E-state index contributed by atoms with van der Waals surface area (Å²) in [5.74, 6) is -0.0595. The Balaban J connectivity index is 1.92. The SMILES string of the molecule is CNC(C)(CCOC1CC2CCC1(C)C2(C)C)C(=O)O. The van der Waals surface area contributed by atoms with Crippen LogP contribution in [-0.2, 0) is 9.53 Å². The lowest BCUT2D eigenvalue weighted by Crippen LogP contribution is -2.48. The van der Waals surface area contributed by atoms with Gasteiger partial charge in [-0.1, -0.05) is 20.8 Å². The van der Waals surface area contributed by atoms with Crippen molar-refractivity contribution in [2.75, 3.05) is 13.7 Å². The molecule has 0 heterocycles. The quantitative estimate of drug-likeness (QED) is 0.787. The number of likely N-dealkylation sites (N-methyl/N-ethyl adjacent to an activating group) is 1. The highest BCUT2D eigenvalue weighted by molar-refractivity contribution is 5.78. The molecule has 2 N–H and O–H groups in total. The maximum absolute atomic E-state index is 11.3. The third-order valence-corrected chi connectivity index (χ3v) is 6.66. The first-order valence-electron chi connectivity index (χ1n) is 7.71. The molecule has 4 nitrogen and oxygen atoms in total. The first-order chi connectivity index (χ1) is 9.17. The van der Waals surface area contributed by atoms with Crippen LogP contribution in [0.5, 0.6) is 0 Å². The Labute approximate surface area is 122 Å². The molecule has 0 aromatic carbocycles. The number of hydrogen-bond donors (Lipinski definition) is 2. The van der Waals surface area contributed by atoms with Gasteiger partial charge in [-0.15, -0.1) is 0 Å². The summed E-state index contributed by atoms with van der Waals surface area (Å²) in [4.78, 5) is 11.3. The van der Waals surface area contributed by atoms with Gasteiger partial charge in [0, 0.05) is 6.61 Å². The van der Waals surface area contributed by atoms with E-state index in [0.29, 0.717) is 18.4 Å². The van der Waals surface area contributed by atoms with E-state index in [9.17, 15) is 9.90 Å². The molecule has 2 aliphatic rings. The Hall–Kier alpha value is -0.610. The van der Waals surface area contributed by atoms with Crippen molar-refractivity contribution in [1.82, 2.24) is 5.32 Å². The summed E-state index contributed by atoms with van der Waals surface area (Å²) < 4.78 is 6.12. The molecule has 116 valence electrons. The van der Waals surface area contributed by atoms with Crippen LogP contribution in [0, 0.1) is 16.7 Å². The molecule has 0 spiro atoms. The maximum Gasteiger partial charge on any atom is 0.323 e. The van der Waals surface area contributed by atoms with Crippen LogP contribution in [0.2, 0.25) is 0 Å². The van der Waals surface area contributed by atoms with Gasteiger partial charge in [0.05, 0.1) is 6.10 Å². The number of carboxylic acids is 1. The lowest BCUT2D eigenvalue weighted by molar-refractivity contribution is -0.145. The molecule has 2 aliphatic carbocycles. The van der Waals surface area contributed by atoms with Crippen LogP contribution in [0.25, 0.3) is 0 Å². The van der Waals surface area contributed by atoms with Crippen molar-refractivity contribution in [2.45, 2.75) is 65.0 Å². The molecule has 0 aliphatic heterocycles. The largest absolute Gasteiger partial charge is 0.480 e. The zero-order valence-corrected chi connectivity index (χ0v) is 13.5. The monoisotopic (exact) mass is 283 g/mol. The van der Waals surface area contributed by atoms with Gasteiger partial charge in [-0.05, 0) is 56.4 Å². The van der Waals surface area contributed by atoms with Crippen molar-refractivity contribution in [2.24, 2.45) is 16.7 Å². The molecule has 0 aromatic rings. The van der Waals surface area contributed by atoms with Gasteiger partial charge >= 0.3 is 5.97 Å². The number of hydrogen-bond acceptors (Lipinski definition) is 3. The number of nitrogens with one attached hydrogen (secondary N) is 1. The van der Waals surface area contributed by atoms with Gasteiger partial charge in [0.1, 0.15) is 5.54 Å². The first kappa shape index (κ1) is 15.8. The fourth-order valence-corrected chi connectivity index (χ4v) is 4.13. The molecular weight excluding hydrogens is 254 g/mol. The normalized spacial score (nSPS) is 37.9. The smallest absolute Gasteiger partial charge is 0.323 e. The summed E-state index contributed by atoms with van der Waals surface area (Å²) in [6.45, 7) is 9.29. The summed E-state index contributed by atoms with van der Waals surface area (Å²) in [5.41, 5.74) is -0.304. The van der Waals surface area contributed by atoms with Gasteiger partial charge in [-0.3, -0.25) is 4.79 Å². The second-order valence-electron chi connectivity index (χ2n) is 7.61. The molecule has 0 radical (unpaired) electrons. The number of rotatable bonds is 6. The van der Waals surface area contributed by atoms with Gasteiger partial charge < -0.3 is 15.2 Å². The highest BCUT2D eigenvalue weighted by atomic mass is 16.5. The zero-order valence-electron chi connectivity index (χ0n) is 13.5. The molecular formula is C16H29NO3. The lowest BCUT2D eigenvalue weighted by atomic mass is 9.70. The average molecular weight is 283 g/mol. The Bertz CT molecular complexity index is 395. The van der Waals surface area contributed by atoms with E-state index in [1.165, 1.54) is 12.8 Å². The van der Waals surface area contributed by atoms with Crippen LogP contribution < -0.4 is 5.32 Å². The minimum absolute atomic E-state index is 0.247. The van der Waals surface area contributed by atoms with E-state index in [4.69, 9.17) is 4.74 Å². The third-order valence-electron chi connectivity index (χ3n) is 6.66. The van der Waals surface area contributed by atoms with E-state index in [2.05, 4.69) is 26.1 Å². The van der Waals surface area contributed by atoms with Crippen molar-refractivity contribution in [1.29, 1.82) is 0 Å². The minimum atomic E-state index is -0.895. The molecule has 0 aromatic heterocycles. The zero-order chi connectivity index (χ0) is 15.2. The minimum Gasteiger partial charge on any atom is -0.480 e. The number of aliphatic carboxylic acids is 1. The van der Waals surface area contributed by atoms with Crippen LogP contribution in [0.3, 0.4) is 0 Å². The van der Waals surface area contributed by atoms with Crippen LogP contribution in [-0.4, -0.2) is 36.4 Å². The number of carbonyl (C=O) groups is 1. The van der Waals surface area contributed by atoms with Crippen LogP contribution in [0.15, 0.2) is 0 Å². The fourth-order valence-electron chi connectivity index (χ4n) is 4.13. The fraction of sp³-hybridized carbons (Fsp3) is 0.938. The molecule has 4 unspecified atom stereocenters. The Morgan fingerprint density at radius 3 is 2.50 bits per heavy atom. The summed E-state index contributed by atoms with van der Waals surface area (Å²) >= 11 is 0. The number of carboxylic acid groups (broad SMARTS) is 1. The second kappa shape index (κ2) is 4.99. The standard InChI is InChI=1S/C16H29NO3/c1-14(2)11-6-7-15(14,3)12(10-11)20-9-8-16(4,17-5)13(18)19/h11-12,17H,6-10H2,1-5H3,(H,18,19). The van der Waals surface area contributed by atoms with Crippen molar-refractivity contribution in [3.8, 4) is 0 Å². The molecule has 20 heavy (non-hydrogen) atoms. The molecule has 2 bridgehead atoms. The molecule has 0 saturated heterocycles. The van der Waals surface area contributed by atoms with Crippen LogP contribution in [0.4, 0.5) is 0 Å². The van der Waals surface area contributed by atoms with Gasteiger partial charge in [0.25, 0.3) is 0 Å². The summed E-state index contributed by atoms with van der Waals surface area (Å²) in [5, 5.41) is 12.1. The Morgan fingerprint density at radius 2 is 2.10 bits per heavy atom. The van der Waals surface area contributed by atoms with E-state index in [0.717, 1.165) is 12.3 Å². The predicted octanol–water partition coefficient (Wildman–Crippen LogP) is 2.67. The van der Waals surface area contributed by atoms with Gasteiger partial charge in [-0.25, -0.2) is 0 Å². The Morgan fingerprint density at radius 1 is 1.45 bits per heavy atom. The lowest BCUT2D eigenvalue weighted by Gasteiger charge is -2.39. The summed E-state index contributed by atoms with van der Waals surface area (Å²) in [6.07, 6.45) is 4.46. The molecule has 2 fully saturated rings. The van der Waals surface area contributed by atoms with E-state index in [-0.39, 0.29) is 11.5 Å². The van der Waals surface area contributed by atoms with E-state index >= 15 is 0 Å². The molecule has 4 heteroatoms. The van der Waals surface area contributed by atoms with Crippen molar-refractivity contribution < 1.29 is 14.6 Å². The molecule has 4 atom stereocenters. The topological polar surface area (TPSA) is 58.6 Å². The van der Waals surface area contributed by atoms with Gasteiger partial charge in [0.2, 0.25) is 0 Å². The maximum atomic E-state index is 11.3. The molecule has 2 rings (SSSR count). The van der Waals surface area contributed by atoms with Crippen molar-refractivity contribution >= 4 is 5.97 Å². The number of ether oxygens (including phenoxy) is 1. The van der Waals surface area contributed by atoms with Gasteiger partial charge in [0.15, 0.2) is 0 Å². The van der Waals surface area contributed by atoms with E-state index in [1.54, 1.807) is 14.0 Å². The Kier molecular flexibility index (Phi) is 3.93. The van der Waals surface area contributed by atoms with Crippen LogP contribution >= 0.6 is 0 Å². The average Bonchev–Trinajstić information content (AvgIpc) is 2.71. The third kappa shape index (κ3) is 2.17.